The Bertz CT molecular complexity index is 473. The van der Waals surface area contributed by atoms with Crippen LogP contribution in [0.25, 0.3) is 0 Å². The predicted molar refractivity (Wildman–Crippen MR) is 109 cm³/mol. The molecular formula is C17H32IN5O. The molecule has 1 saturated carbocycles. The van der Waals surface area contributed by atoms with Gasteiger partial charge >= 0.3 is 0 Å². The summed E-state index contributed by atoms with van der Waals surface area (Å²) in [6.45, 7) is 5.82. The first kappa shape index (κ1) is 21.2. The van der Waals surface area contributed by atoms with E-state index in [-0.39, 0.29) is 24.0 Å². The molecule has 0 amide bonds. The summed E-state index contributed by atoms with van der Waals surface area (Å²) in [5, 5.41) is 11.2. The van der Waals surface area contributed by atoms with Crippen molar-refractivity contribution >= 4 is 29.9 Å². The highest BCUT2D eigenvalue weighted by molar-refractivity contribution is 14.0. The van der Waals surface area contributed by atoms with Crippen molar-refractivity contribution in [3.63, 3.8) is 0 Å². The molecule has 7 heteroatoms. The lowest BCUT2D eigenvalue weighted by Gasteiger charge is -2.42. The second-order valence-electron chi connectivity index (χ2n) is 6.74. The second kappa shape index (κ2) is 10.9. The van der Waals surface area contributed by atoms with E-state index in [1.807, 2.05) is 30.2 Å². The van der Waals surface area contributed by atoms with Crippen molar-refractivity contribution in [3.8, 4) is 0 Å². The van der Waals surface area contributed by atoms with Gasteiger partial charge in [0.05, 0.1) is 0 Å². The van der Waals surface area contributed by atoms with E-state index in [0.717, 1.165) is 38.6 Å². The molecule has 0 aliphatic heterocycles. The van der Waals surface area contributed by atoms with Crippen molar-refractivity contribution < 1.29 is 4.74 Å². The maximum Gasteiger partial charge on any atom is 0.191 e. The van der Waals surface area contributed by atoms with Gasteiger partial charge in [-0.05, 0) is 36.7 Å². The van der Waals surface area contributed by atoms with Gasteiger partial charge in [0.2, 0.25) is 0 Å². The summed E-state index contributed by atoms with van der Waals surface area (Å²) in [7, 11) is 3.61. The van der Waals surface area contributed by atoms with Crippen LogP contribution in [0.15, 0.2) is 23.5 Å². The Kier molecular flexibility index (Phi) is 9.65. The molecule has 1 heterocycles. The third-order valence-electron chi connectivity index (χ3n) is 4.78. The van der Waals surface area contributed by atoms with Crippen LogP contribution in [0.1, 0.15) is 32.6 Å². The first-order chi connectivity index (χ1) is 11.2. The van der Waals surface area contributed by atoms with Crippen LogP contribution in [0.2, 0.25) is 0 Å². The van der Waals surface area contributed by atoms with Gasteiger partial charge in [-0.15, -0.1) is 24.0 Å². The van der Waals surface area contributed by atoms with Gasteiger partial charge in [-0.2, -0.15) is 5.10 Å². The molecule has 1 aromatic heterocycles. The number of aromatic nitrogens is 2. The lowest BCUT2D eigenvalue weighted by molar-refractivity contribution is 0.0732. The third kappa shape index (κ3) is 6.58. The zero-order valence-electron chi connectivity index (χ0n) is 15.1. The maximum absolute atomic E-state index is 5.25. The monoisotopic (exact) mass is 449 g/mol. The fourth-order valence-electron chi connectivity index (χ4n) is 3.07. The molecule has 0 radical (unpaired) electrons. The number of guanidine groups is 1. The fraction of sp³-hybridized carbons (Fsp3) is 0.765. The van der Waals surface area contributed by atoms with Crippen LogP contribution in [0.5, 0.6) is 0 Å². The zero-order chi connectivity index (χ0) is 16.5. The Balaban J connectivity index is 0.00000288. The highest BCUT2D eigenvalue weighted by atomic mass is 127. The van der Waals surface area contributed by atoms with Gasteiger partial charge in [0, 0.05) is 52.8 Å². The van der Waals surface area contributed by atoms with Crippen molar-refractivity contribution in [2.75, 3.05) is 33.9 Å². The van der Waals surface area contributed by atoms with E-state index in [1.54, 1.807) is 7.11 Å². The van der Waals surface area contributed by atoms with Crippen molar-refractivity contribution in [1.82, 2.24) is 20.4 Å². The number of hydrogen-bond acceptors (Lipinski definition) is 3. The molecule has 1 aliphatic rings. The zero-order valence-corrected chi connectivity index (χ0v) is 17.5. The van der Waals surface area contributed by atoms with Gasteiger partial charge in [0.15, 0.2) is 5.96 Å². The summed E-state index contributed by atoms with van der Waals surface area (Å²) in [4.78, 5) is 4.34. The van der Waals surface area contributed by atoms with Gasteiger partial charge in [0.25, 0.3) is 0 Å². The van der Waals surface area contributed by atoms with E-state index in [9.17, 15) is 0 Å². The number of nitrogens with zero attached hydrogens (tertiary/aromatic N) is 3. The SMILES string of the molecule is CN=C(NCC(C)Cn1cccn1)NCC1(CCOC)CCC1.I. The van der Waals surface area contributed by atoms with E-state index in [1.165, 1.54) is 19.3 Å². The Labute approximate surface area is 162 Å². The van der Waals surface area contributed by atoms with E-state index < -0.39 is 0 Å². The fourth-order valence-corrected chi connectivity index (χ4v) is 3.07. The van der Waals surface area contributed by atoms with Gasteiger partial charge in [-0.3, -0.25) is 9.67 Å². The maximum atomic E-state index is 5.25. The largest absolute Gasteiger partial charge is 0.385 e. The summed E-state index contributed by atoms with van der Waals surface area (Å²) < 4.78 is 7.22. The minimum absolute atomic E-state index is 0. The minimum atomic E-state index is 0. The number of halogens is 1. The normalized spacial score (nSPS) is 17.5. The highest BCUT2D eigenvalue weighted by Gasteiger charge is 2.36. The molecule has 1 aromatic rings. The molecular weight excluding hydrogens is 417 g/mol. The van der Waals surface area contributed by atoms with E-state index in [2.05, 4.69) is 27.6 Å². The molecule has 1 fully saturated rings. The van der Waals surface area contributed by atoms with Gasteiger partial charge < -0.3 is 15.4 Å². The van der Waals surface area contributed by atoms with E-state index in [4.69, 9.17) is 4.74 Å². The summed E-state index contributed by atoms with van der Waals surface area (Å²) in [6, 6.07) is 1.96. The van der Waals surface area contributed by atoms with Gasteiger partial charge in [0.1, 0.15) is 0 Å². The molecule has 2 N–H and O–H groups in total. The molecule has 0 saturated heterocycles. The predicted octanol–water partition coefficient (Wildman–Crippen LogP) is 2.51. The average molecular weight is 449 g/mol. The summed E-state index contributed by atoms with van der Waals surface area (Å²) in [6.07, 6.45) is 8.85. The van der Waals surface area contributed by atoms with Crippen LogP contribution in [0, 0.1) is 11.3 Å². The third-order valence-corrected chi connectivity index (χ3v) is 4.78. The van der Waals surface area contributed by atoms with Crippen LogP contribution in [0.4, 0.5) is 0 Å². The molecule has 6 nitrogen and oxygen atoms in total. The highest BCUT2D eigenvalue weighted by Crippen LogP contribution is 2.43. The molecule has 0 spiro atoms. The van der Waals surface area contributed by atoms with Gasteiger partial charge in [-0.1, -0.05) is 13.3 Å². The summed E-state index contributed by atoms with van der Waals surface area (Å²) >= 11 is 0. The topological polar surface area (TPSA) is 63.5 Å². The number of hydrogen-bond donors (Lipinski definition) is 2. The molecule has 138 valence electrons. The van der Waals surface area contributed by atoms with Crippen LogP contribution < -0.4 is 10.6 Å². The molecule has 1 aliphatic carbocycles. The Morgan fingerprint density at radius 1 is 1.42 bits per heavy atom. The average Bonchev–Trinajstić information content (AvgIpc) is 3.01. The molecule has 2 rings (SSSR count). The Hall–Kier alpha value is -0.830. The van der Waals surface area contributed by atoms with Crippen molar-refractivity contribution in [1.29, 1.82) is 0 Å². The number of rotatable bonds is 9. The molecule has 0 bridgehead atoms. The summed E-state index contributed by atoms with van der Waals surface area (Å²) in [5.41, 5.74) is 0.397. The number of methoxy groups -OCH3 is 1. The number of ether oxygens (including phenoxy) is 1. The van der Waals surface area contributed by atoms with Crippen molar-refractivity contribution in [2.45, 2.75) is 39.2 Å². The van der Waals surface area contributed by atoms with Gasteiger partial charge in [-0.25, -0.2) is 0 Å². The van der Waals surface area contributed by atoms with E-state index >= 15 is 0 Å². The molecule has 1 atom stereocenters. The van der Waals surface area contributed by atoms with Crippen LogP contribution in [0.3, 0.4) is 0 Å². The first-order valence-corrected chi connectivity index (χ1v) is 8.58. The second-order valence-corrected chi connectivity index (χ2v) is 6.74. The Morgan fingerprint density at radius 3 is 2.75 bits per heavy atom. The van der Waals surface area contributed by atoms with Crippen LogP contribution in [-0.2, 0) is 11.3 Å². The number of nitrogens with one attached hydrogen (secondary N) is 2. The lowest BCUT2D eigenvalue weighted by Crippen LogP contribution is -2.47. The standard InChI is InChI=1S/C17H31N5O.HI/c1-15(13-22-10-5-9-21-22)12-19-16(18-2)20-14-17(6-4-7-17)8-11-23-3;/h5,9-10,15H,4,6-8,11-14H2,1-3H3,(H2,18,19,20);1H. The van der Waals surface area contributed by atoms with Crippen LogP contribution >= 0.6 is 24.0 Å². The molecule has 1 unspecified atom stereocenters. The van der Waals surface area contributed by atoms with Crippen LogP contribution in [-0.4, -0.2) is 49.6 Å². The van der Waals surface area contributed by atoms with Crippen molar-refractivity contribution in [2.24, 2.45) is 16.3 Å². The minimum Gasteiger partial charge on any atom is -0.385 e. The number of aliphatic imine (C=N–C) groups is 1. The smallest absolute Gasteiger partial charge is 0.191 e. The molecule has 0 aromatic carbocycles. The molecule has 24 heavy (non-hydrogen) atoms. The van der Waals surface area contributed by atoms with E-state index in [0.29, 0.717) is 11.3 Å². The lowest BCUT2D eigenvalue weighted by atomic mass is 9.67. The summed E-state index contributed by atoms with van der Waals surface area (Å²) in [5.74, 6) is 1.38. The van der Waals surface area contributed by atoms with Crippen molar-refractivity contribution in [3.05, 3.63) is 18.5 Å². The quantitative estimate of drug-likeness (QED) is 0.346. The Morgan fingerprint density at radius 2 is 2.21 bits per heavy atom. The first-order valence-electron chi connectivity index (χ1n) is 8.58.